The van der Waals surface area contributed by atoms with E-state index in [-0.39, 0.29) is 37.7 Å². The molecule has 0 bridgehead atoms. The molecule has 0 rings (SSSR count). The molecule has 0 heterocycles. The summed E-state index contributed by atoms with van der Waals surface area (Å²) in [5.41, 5.74) is 0. The monoisotopic (exact) mass is 156 g/mol. The van der Waals surface area contributed by atoms with E-state index in [2.05, 4.69) is 0 Å². The molecule has 0 aliphatic carbocycles. The predicted molar refractivity (Wildman–Crippen MR) is 30.2 cm³/mol. The Morgan fingerprint density at radius 1 is 1.00 bits per heavy atom. The Balaban J connectivity index is 0. The first-order valence-electron chi connectivity index (χ1n) is 1.77. The summed E-state index contributed by atoms with van der Waals surface area (Å²) in [7, 11) is 0. The van der Waals surface area contributed by atoms with Crippen LogP contribution in [0.2, 0.25) is 0 Å². The van der Waals surface area contributed by atoms with Gasteiger partial charge in [-0.05, 0) is 0 Å². The maximum absolute atomic E-state index is 9.55. The van der Waals surface area contributed by atoms with Crippen LogP contribution in [0.25, 0.3) is 0 Å². The molecule has 0 amide bonds. The maximum Gasteiger partial charge on any atom is 0.328 e. The van der Waals surface area contributed by atoms with E-state index < -0.39 is 11.9 Å². The average molecular weight is 156 g/mol. The minimum Gasteiger partial charge on any atom is -0.478 e. The first kappa shape index (κ1) is 11.7. The molecule has 0 atom stereocenters. The first-order valence-corrected chi connectivity index (χ1v) is 1.77. The van der Waals surface area contributed by atoms with Gasteiger partial charge < -0.3 is 10.2 Å². The summed E-state index contributed by atoms with van der Waals surface area (Å²) in [5, 5.41) is 15.6. The Kier molecular flexibility index (Phi) is 7.89. The molecule has 9 heavy (non-hydrogen) atoms. The van der Waals surface area contributed by atoms with Crippen LogP contribution in [0.5, 0.6) is 0 Å². The standard InChI is InChI=1S/C4H4O4.Ca/c5-3(6)1-2-4(7)8;/h1-2H,(H,5,6)(H,7,8);/b2-1+;. The zero-order chi connectivity index (χ0) is 6.57. The van der Waals surface area contributed by atoms with Crippen molar-refractivity contribution in [2.24, 2.45) is 0 Å². The van der Waals surface area contributed by atoms with Crippen molar-refractivity contribution in [3.05, 3.63) is 12.2 Å². The number of carboxylic acids is 2. The zero-order valence-corrected chi connectivity index (χ0v) is 6.78. The molecule has 2 N–H and O–H groups in total. The topological polar surface area (TPSA) is 74.6 Å². The maximum atomic E-state index is 9.55. The molecule has 0 spiro atoms. The molecule has 0 aromatic carbocycles. The fourth-order valence-corrected chi connectivity index (χ4v) is 0.143. The van der Waals surface area contributed by atoms with Crippen molar-refractivity contribution in [3.8, 4) is 0 Å². The third-order valence-electron chi connectivity index (χ3n) is 0.368. The minimum atomic E-state index is -1.26. The fourth-order valence-electron chi connectivity index (χ4n) is 0.143. The zero-order valence-electron chi connectivity index (χ0n) is 4.57. The van der Waals surface area contributed by atoms with Crippen LogP contribution in [0.3, 0.4) is 0 Å². The van der Waals surface area contributed by atoms with Crippen LogP contribution in [-0.2, 0) is 9.59 Å². The van der Waals surface area contributed by atoms with Gasteiger partial charge in [0.25, 0.3) is 0 Å². The Morgan fingerprint density at radius 2 is 1.22 bits per heavy atom. The van der Waals surface area contributed by atoms with E-state index in [1.165, 1.54) is 0 Å². The molecule has 5 heteroatoms. The number of rotatable bonds is 2. The summed E-state index contributed by atoms with van der Waals surface area (Å²) in [6.45, 7) is 0. The first-order chi connectivity index (χ1) is 3.63. The van der Waals surface area contributed by atoms with E-state index in [4.69, 9.17) is 10.2 Å². The summed E-state index contributed by atoms with van der Waals surface area (Å²) >= 11 is 0. The summed E-state index contributed by atoms with van der Waals surface area (Å²) in [5.74, 6) is -2.51. The molecular formula is C4H4CaO4. The van der Waals surface area contributed by atoms with E-state index in [1.54, 1.807) is 0 Å². The Labute approximate surface area is 81.2 Å². The molecule has 0 aliphatic rings. The quantitative estimate of drug-likeness (QED) is 0.410. The molecule has 0 unspecified atom stereocenters. The number of carboxylic acid groups (broad SMARTS) is 2. The smallest absolute Gasteiger partial charge is 0.328 e. The fraction of sp³-hybridized carbons (Fsp3) is 0. The predicted octanol–water partition coefficient (Wildman–Crippen LogP) is -0.669. The minimum absolute atomic E-state index is 0. The van der Waals surface area contributed by atoms with Gasteiger partial charge in [0.2, 0.25) is 0 Å². The van der Waals surface area contributed by atoms with Crippen LogP contribution in [0.15, 0.2) is 12.2 Å². The number of hydrogen-bond donors (Lipinski definition) is 2. The van der Waals surface area contributed by atoms with Crippen molar-refractivity contribution >= 4 is 49.7 Å². The van der Waals surface area contributed by atoms with Gasteiger partial charge in [0.1, 0.15) is 0 Å². The molecule has 0 aromatic heterocycles. The molecule has 46 valence electrons. The van der Waals surface area contributed by atoms with Gasteiger partial charge in [-0.2, -0.15) is 0 Å². The summed E-state index contributed by atoms with van der Waals surface area (Å²) in [6, 6.07) is 0. The van der Waals surface area contributed by atoms with Crippen LogP contribution in [-0.4, -0.2) is 59.9 Å². The summed E-state index contributed by atoms with van der Waals surface area (Å²) < 4.78 is 0. The largest absolute Gasteiger partial charge is 0.478 e. The van der Waals surface area contributed by atoms with Gasteiger partial charge in [0.05, 0.1) is 0 Å². The van der Waals surface area contributed by atoms with E-state index in [9.17, 15) is 9.59 Å². The molecular weight excluding hydrogens is 152 g/mol. The summed E-state index contributed by atoms with van der Waals surface area (Å²) in [4.78, 5) is 19.1. The van der Waals surface area contributed by atoms with Gasteiger partial charge in [-0.1, -0.05) is 0 Å². The average Bonchev–Trinajstić information content (AvgIpc) is 1.61. The Hall–Kier alpha value is -0.0603. The second-order valence-electron chi connectivity index (χ2n) is 1.01. The van der Waals surface area contributed by atoms with Gasteiger partial charge in [-0.3, -0.25) is 0 Å². The van der Waals surface area contributed by atoms with Gasteiger partial charge in [-0.15, -0.1) is 0 Å². The molecule has 4 nitrogen and oxygen atoms in total. The second kappa shape index (κ2) is 6.07. The van der Waals surface area contributed by atoms with E-state index in [0.29, 0.717) is 12.2 Å². The summed E-state index contributed by atoms with van der Waals surface area (Å²) in [6.07, 6.45) is 1.12. The number of aliphatic carboxylic acids is 2. The second-order valence-corrected chi connectivity index (χ2v) is 1.01. The Morgan fingerprint density at radius 3 is 1.33 bits per heavy atom. The van der Waals surface area contributed by atoms with Crippen molar-refractivity contribution in [3.63, 3.8) is 0 Å². The molecule has 0 saturated carbocycles. The van der Waals surface area contributed by atoms with Crippen LogP contribution >= 0.6 is 0 Å². The van der Waals surface area contributed by atoms with Gasteiger partial charge >= 0.3 is 11.9 Å². The van der Waals surface area contributed by atoms with Crippen LogP contribution in [0, 0.1) is 0 Å². The molecule has 0 fully saturated rings. The SMILES string of the molecule is O=C(O)/C=C/C(=O)O.[Ca]. The van der Waals surface area contributed by atoms with Gasteiger partial charge in [0, 0.05) is 49.9 Å². The third-order valence-corrected chi connectivity index (χ3v) is 0.368. The Bertz CT molecular complexity index is 124. The van der Waals surface area contributed by atoms with Gasteiger partial charge in [0.15, 0.2) is 0 Å². The van der Waals surface area contributed by atoms with Gasteiger partial charge in [-0.25, -0.2) is 9.59 Å². The van der Waals surface area contributed by atoms with Crippen LogP contribution in [0.1, 0.15) is 0 Å². The van der Waals surface area contributed by atoms with Crippen molar-refractivity contribution in [2.45, 2.75) is 0 Å². The number of hydrogen-bond acceptors (Lipinski definition) is 2. The van der Waals surface area contributed by atoms with Crippen LogP contribution < -0.4 is 0 Å². The molecule has 2 radical (unpaired) electrons. The van der Waals surface area contributed by atoms with Crippen LogP contribution in [0.4, 0.5) is 0 Å². The van der Waals surface area contributed by atoms with Crippen molar-refractivity contribution in [1.29, 1.82) is 0 Å². The third kappa shape index (κ3) is 11.5. The van der Waals surface area contributed by atoms with E-state index >= 15 is 0 Å². The molecule has 0 aromatic rings. The van der Waals surface area contributed by atoms with E-state index in [1.807, 2.05) is 0 Å². The van der Waals surface area contributed by atoms with Crippen molar-refractivity contribution in [1.82, 2.24) is 0 Å². The molecule has 0 saturated heterocycles. The number of carbonyl (C=O) groups is 2. The van der Waals surface area contributed by atoms with E-state index in [0.717, 1.165) is 0 Å². The molecule has 0 aliphatic heterocycles. The van der Waals surface area contributed by atoms with Crippen molar-refractivity contribution < 1.29 is 19.8 Å². The van der Waals surface area contributed by atoms with Crippen molar-refractivity contribution in [2.75, 3.05) is 0 Å². The normalized spacial score (nSPS) is 8.44.